The SMILES string of the molecule is Cc1nc(NCc2ccc3c(c2)OCO3)cc(Nc2ccc(F)c(Cl)c2)n1. The Bertz CT molecular complexity index is 999. The van der Waals surface area contributed by atoms with Crippen LogP contribution in [0.4, 0.5) is 21.7 Å². The maximum atomic E-state index is 13.3. The van der Waals surface area contributed by atoms with Crippen molar-refractivity contribution in [3.05, 3.63) is 64.7 Å². The monoisotopic (exact) mass is 386 g/mol. The number of fused-ring (bicyclic) bond motifs is 1. The van der Waals surface area contributed by atoms with E-state index in [4.69, 9.17) is 21.1 Å². The van der Waals surface area contributed by atoms with Crippen LogP contribution < -0.4 is 20.1 Å². The standard InChI is InChI=1S/C19H16ClFN4O2/c1-11-23-18(22-9-12-2-5-16-17(6-12)27-10-26-16)8-19(24-11)25-13-3-4-15(21)14(20)7-13/h2-8H,9-10H2,1H3,(H2,22,23,24,25). The number of rotatable bonds is 5. The predicted molar refractivity (Wildman–Crippen MR) is 101 cm³/mol. The molecule has 8 heteroatoms. The van der Waals surface area contributed by atoms with Crippen LogP contribution in [0.5, 0.6) is 11.5 Å². The number of halogens is 2. The van der Waals surface area contributed by atoms with Gasteiger partial charge in [0.15, 0.2) is 11.5 Å². The Labute approximate surface area is 160 Å². The number of aromatic nitrogens is 2. The highest BCUT2D eigenvalue weighted by atomic mass is 35.5. The fourth-order valence-corrected chi connectivity index (χ4v) is 2.87. The first kappa shape index (κ1) is 17.4. The van der Waals surface area contributed by atoms with E-state index in [2.05, 4.69) is 20.6 Å². The highest BCUT2D eigenvalue weighted by Gasteiger charge is 2.13. The van der Waals surface area contributed by atoms with Crippen molar-refractivity contribution in [2.45, 2.75) is 13.5 Å². The molecule has 138 valence electrons. The molecular formula is C19H16ClFN4O2. The third kappa shape index (κ3) is 4.03. The van der Waals surface area contributed by atoms with Gasteiger partial charge in [-0.15, -0.1) is 0 Å². The lowest BCUT2D eigenvalue weighted by atomic mass is 10.2. The first-order valence-electron chi connectivity index (χ1n) is 8.27. The quantitative estimate of drug-likeness (QED) is 0.664. The van der Waals surface area contributed by atoms with Gasteiger partial charge in [0.25, 0.3) is 0 Å². The molecule has 27 heavy (non-hydrogen) atoms. The van der Waals surface area contributed by atoms with E-state index in [0.29, 0.717) is 29.7 Å². The predicted octanol–water partition coefficient (Wildman–Crippen LogP) is 4.66. The van der Waals surface area contributed by atoms with Gasteiger partial charge < -0.3 is 20.1 Å². The Morgan fingerprint density at radius 3 is 2.70 bits per heavy atom. The molecule has 0 spiro atoms. The van der Waals surface area contributed by atoms with Gasteiger partial charge in [-0.05, 0) is 42.8 Å². The minimum absolute atomic E-state index is 0.0481. The number of hydrogen-bond acceptors (Lipinski definition) is 6. The molecule has 0 bridgehead atoms. The molecule has 6 nitrogen and oxygen atoms in total. The summed E-state index contributed by atoms with van der Waals surface area (Å²) in [5.74, 6) is 2.87. The van der Waals surface area contributed by atoms with Gasteiger partial charge in [-0.2, -0.15) is 0 Å². The van der Waals surface area contributed by atoms with Crippen LogP contribution >= 0.6 is 11.6 Å². The van der Waals surface area contributed by atoms with Crippen molar-refractivity contribution in [2.75, 3.05) is 17.4 Å². The second-order valence-electron chi connectivity index (χ2n) is 5.98. The largest absolute Gasteiger partial charge is 0.454 e. The van der Waals surface area contributed by atoms with E-state index in [1.807, 2.05) is 18.2 Å². The van der Waals surface area contributed by atoms with Crippen LogP contribution in [-0.4, -0.2) is 16.8 Å². The average Bonchev–Trinajstić information content (AvgIpc) is 3.10. The van der Waals surface area contributed by atoms with Gasteiger partial charge in [-0.25, -0.2) is 14.4 Å². The maximum Gasteiger partial charge on any atom is 0.231 e. The molecule has 2 heterocycles. The average molecular weight is 387 g/mol. The van der Waals surface area contributed by atoms with Crippen LogP contribution in [0.3, 0.4) is 0 Å². The Hall–Kier alpha value is -3.06. The summed E-state index contributed by atoms with van der Waals surface area (Å²) in [5, 5.41) is 6.42. The summed E-state index contributed by atoms with van der Waals surface area (Å²) in [7, 11) is 0. The van der Waals surface area contributed by atoms with Gasteiger partial charge in [0.1, 0.15) is 23.3 Å². The van der Waals surface area contributed by atoms with Gasteiger partial charge in [-0.1, -0.05) is 17.7 Å². The summed E-state index contributed by atoms with van der Waals surface area (Å²) in [6.07, 6.45) is 0. The number of anilines is 3. The molecule has 2 N–H and O–H groups in total. The van der Waals surface area contributed by atoms with E-state index in [-0.39, 0.29) is 11.8 Å². The number of hydrogen-bond donors (Lipinski definition) is 2. The molecular weight excluding hydrogens is 371 g/mol. The Balaban J connectivity index is 1.47. The molecule has 0 amide bonds. The fourth-order valence-electron chi connectivity index (χ4n) is 2.69. The third-order valence-electron chi connectivity index (χ3n) is 3.94. The van der Waals surface area contributed by atoms with Crippen molar-refractivity contribution in [3.63, 3.8) is 0 Å². The molecule has 1 aliphatic rings. The number of aryl methyl sites for hydroxylation is 1. The van der Waals surface area contributed by atoms with E-state index in [9.17, 15) is 4.39 Å². The van der Waals surface area contributed by atoms with Gasteiger partial charge >= 0.3 is 0 Å². The van der Waals surface area contributed by atoms with Crippen LogP contribution in [0.2, 0.25) is 5.02 Å². The van der Waals surface area contributed by atoms with Crippen LogP contribution in [0.1, 0.15) is 11.4 Å². The second-order valence-corrected chi connectivity index (χ2v) is 6.39. The van der Waals surface area contributed by atoms with E-state index >= 15 is 0 Å². The lowest BCUT2D eigenvalue weighted by Crippen LogP contribution is -2.05. The first-order chi connectivity index (χ1) is 13.1. The molecule has 0 saturated carbocycles. The molecule has 3 aromatic rings. The summed E-state index contributed by atoms with van der Waals surface area (Å²) in [4.78, 5) is 8.74. The summed E-state index contributed by atoms with van der Waals surface area (Å²) in [6.45, 7) is 2.61. The van der Waals surface area contributed by atoms with Crippen molar-refractivity contribution < 1.29 is 13.9 Å². The highest BCUT2D eigenvalue weighted by Crippen LogP contribution is 2.32. The molecule has 0 fully saturated rings. The topological polar surface area (TPSA) is 68.3 Å². The molecule has 1 aliphatic heterocycles. The summed E-state index contributed by atoms with van der Waals surface area (Å²) >= 11 is 5.82. The molecule has 0 aliphatic carbocycles. The second kappa shape index (κ2) is 7.28. The summed E-state index contributed by atoms with van der Waals surface area (Å²) in [5.41, 5.74) is 1.68. The number of benzene rings is 2. The van der Waals surface area contributed by atoms with Crippen molar-refractivity contribution in [1.82, 2.24) is 9.97 Å². The Morgan fingerprint density at radius 1 is 1.04 bits per heavy atom. The minimum atomic E-state index is -0.466. The molecule has 0 radical (unpaired) electrons. The van der Waals surface area contributed by atoms with Crippen LogP contribution in [0.25, 0.3) is 0 Å². The summed E-state index contributed by atoms with van der Waals surface area (Å²) in [6, 6.07) is 12.0. The van der Waals surface area contributed by atoms with Gasteiger partial charge in [0.2, 0.25) is 6.79 Å². The van der Waals surface area contributed by atoms with E-state index < -0.39 is 5.82 Å². The molecule has 1 aromatic heterocycles. The fraction of sp³-hybridized carbons (Fsp3) is 0.158. The van der Waals surface area contributed by atoms with E-state index in [1.54, 1.807) is 19.1 Å². The van der Waals surface area contributed by atoms with Crippen molar-refractivity contribution >= 4 is 28.9 Å². The van der Waals surface area contributed by atoms with Crippen molar-refractivity contribution in [1.29, 1.82) is 0 Å². The zero-order valence-electron chi connectivity index (χ0n) is 14.4. The Kier molecular flexibility index (Phi) is 4.68. The van der Waals surface area contributed by atoms with Gasteiger partial charge in [0.05, 0.1) is 5.02 Å². The normalized spacial score (nSPS) is 12.1. The lowest BCUT2D eigenvalue weighted by molar-refractivity contribution is 0.174. The molecule has 0 atom stereocenters. The summed E-state index contributed by atoms with van der Waals surface area (Å²) < 4.78 is 24.0. The number of nitrogens with one attached hydrogen (secondary N) is 2. The van der Waals surface area contributed by atoms with Crippen LogP contribution in [-0.2, 0) is 6.54 Å². The minimum Gasteiger partial charge on any atom is -0.454 e. The zero-order valence-corrected chi connectivity index (χ0v) is 15.2. The van der Waals surface area contributed by atoms with Crippen LogP contribution in [0, 0.1) is 12.7 Å². The number of nitrogens with zero attached hydrogens (tertiary/aromatic N) is 2. The van der Waals surface area contributed by atoms with E-state index in [1.165, 1.54) is 12.1 Å². The first-order valence-corrected chi connectivity index (χ1v) is 8.65. The maximum absolute atomic E-state index is 13.3. The van der Waals surface area contributed by atoms with Crippen LogP contribution in [0.15, 0.2) is 42.5 Å². The van der Waals surface area contributed by atoms with Crippen molar-refractivity contribution in [3.8, 4) is 11.5 Å². The van der Waals surface area contributed by atoms with Gasteiger partial charge in [0, 0.05) is 18.3 Å². The van der Waals surface area contributed by atoms with Crippen molar-refractivity contribution in [2.24, 2.45) is 0 Å². The third-order valence-corrected chi connectivity index (χ3v) is 4.23. The van der Waals surface area contributed by atoms with E-state index in [0.717, 1.165) is 17.1 Å². The molecule has 0 saturated heterocycles. The molecule has 4 rings (SSSR count). The molecule has 0 unspecified atom stereocenters. The smallest absolute Gasteiger partial charge is 0.231 e. The highest BCUT2D eigenvalue weighted by molar-refractivity contribution is 6.31. The number of ether oxygens (including phenoxy) is 2. The molecule has 2 aromatic carbocycles. The Morgan fingerprint density at radius 2 is 1.85 bits per heavy atom. The zero-order chi connectivity index (χ0) is 18.8. The lowest BCUT2D eigenvalue weighted by Gasteiger charge is -2.11. The van der Waals surface area contributed by atoms with Gasteiger partial charge in [-0.3, -0.25) is 0 Å².